The third kappa shape index (κ3) is 3.53. The summed E-state index contributed by atoms with van der Waals surface area (Å²) >= 11 is 0.525. The molecule has 1 fully saturated rings. The van der Waals surface area contributed by atoms with E-state index in [1.807, 2.05) is 0 Å². The first-order valence-corrected chi connectivity index (χ1v) is 10.7. The van der Waals surface area contributed by atoms with Crippen molar-refractivity contribution in [2.45, 2.75) is 36.6 Å². The van der Waals surface area contributed by atoms with Gasteiger partial charge in [-0.2, -0.15) is 5.10 Å². The summed E-state index contributed by atoms with van der Waals surface area (Å²) < 4.78 is 69.3. The van der Waals surface area contributed by atoms with E-state index in [-0.39, 0.29) is 16.1 Å². The Balaban J connectivity index is 1.97. The van der Waals surface area contributed by atoms with Crippen LogP contribution in [0.4, 0.5) is 13.2 Å². The lowest BCUT2D eigenvalue weighted by atomic mass is 10.1. The van der Waals surface area contributed by atoms with E-state index in [1.54, 1.807) is 6.92 Å². The maximum Gasteiger partial charge on any atom is 0.291 e. The van der Waals surface area contributed by atoms with Crippen molar-refractivity contribution in [3.63, 3.8) is 0 Å². The Labute approximate surface area is 166 Å². The Kier molecular flexibility index (Phi) is 4.51. The molecular formula is C16H14F3N5O3S2. The van der Waals surface area contributed by atoms with Crippen LogP contribution in [-0.4, -0.2) is 33.9 Å². The number of nitrogens with zero attached hydrogens (tertiary/aromatic N) is 4. The van der Waals surface area contributed by atoms with Crippen LogP contribution >= 0.6 is 11.3 Å². The normalized spacial score (nSPS) is 15.9. The Hall–Kier alpha value is -2.38. The number of halogens is 3. The minimum absolute atomic E-state index is 0.0861. The SMILES string of the molecule is Cn1nc(-c2nnc(C(F)F)s2)c2cc(S(=O)(=O)NC3(C)CC3)cc(F)c2c1=O. The highest BCUT2D eigenvalue weighted by Crippen LogP contribution is 2.37. The molecule has 0 saturated heterocycles. The summed E-state index contributed by atoms with van der Waals surface area (Å²) in [6.45, 7) is 1.72. The van der Waals surface area contributed by atoms with Gasteiger partial charge in [0.05, 0.1) is 10.3 Å². The van der Waals surface area contributed by atoms with Crippen molar-refractivity contribution in [3.8, 4) is 10.7 Å². The van der Waals surface area contributed by atoms with E-state index in [9.17, 15) is 26.4 Å². The van der Waals surface area contributed by atoms with E-state index in [4.69, 9.17) is 0 Å². The molecule has 0 aliphatic heterocycles. The molecule has 1 aliphatic rings. The van der Waals surface area contributed by atoms with Crippen LogP contribution in [0.2, 0.25) is 0 Å². The first kappa shape index (κ1) is 19.9. The van der Waals surface area contributed by atoms with Gasteiger partial charge in [0.15, 0.2) is 10.0 Å². The number of hydrogen-bond donors (Lipinski definition) is 1. The molecule has 13 heteroatoms. The molecule has 0 radical (unpaired) electrons. The van der Waals surface area contributed by atoms with Crippen molar-refractivity contribution in [1.82, 2.24) is 24.7 Å². The summed E-state index contributed by atoms with van der Waals surface area (Å²) in [5, 5.41) is 9.77. The van der Waals surface area contributed by atoms with Crippen LogP contribution in [-0.2, 0) is 17.1 Å². The van der Waals surface area contributed by atoms with E-state index in [0.717, 1.165) is 16.8 Å². The molecule has 0 spiro atoms. The lowest BCUT2D eigenvalue weighted by Gasteiger charge is -2.14. The van der Waals surface area contributed by atoms with Gasteiger partial charge in [-0.1, -0.05) is 11.3 Å². The predicted molar refractivity (Wildman–Crippen MR) is 98.8 cm³/mol. The molecule has 29 heavy (non-hydrogen) atoms. The molecule has 154 valence electrons. The summed E-state index contributed by atoms with van der Waals surface area (Å²) in [5.74, 6) is -1.06. The summed E-state index contributed by atoms with van der Waals surface area (Å²) in [5.41, 5.74) is -1.50. The molecule has 4 rings (SSSR count). The third-order valence-corrected chi connectivity index (χ3v) is 7.15. The number of alkyl halides is 2. The number of sulfonamides is 1. The van der Waals surface area contributed by atoms with Crippen molar-refractivity contribution in [1.29, 1.82) is 0 Å². The van der Waals surface area contributed by atoms with Crippen LogP contribution in [0, 0.1) is 5.82 Å². The predicted octanol–water partition coefficient (Wildman–Crippen LogP) is 2.36. The summed E-state index contributed by atoms with van der Waals surface area (Å²) in [6.07, 6.45) is -1.57. The highest BCUT2D eigenvalue weighted by molar-refractivity contribution is 7.89. The fourth-order valence-corrected chi connectivity index (χ4v) is 5.00. The zero-order chi connectivity index (χ0) is 21.1. The molecule has 1 N–H and O–H groups in total. The fraction of sp³-hybridized carbons (Fsp3) is 0.375. The summed E-state index contributed by atoms with van der Waals surface area (Å²) in [4.78, 5) is 12.0. The monoisotopic (exact) mass is 445 g/mol. The highest BCUT2D eigenvalue weighted by atomic mass is 32.2. The molecule has 1 aliphatic carbocycles. The zero-order valence-corrected chi connectivity index (χ0v) is 16.7. The molecule has 0 atom stereocenters. The van der Waals surface area contributed by atoms with Crippen LogP contribution in [0.15, 0.2) is 21.8 Å². The molecule has 2 aromatic heterocycles. The standard InChI is InChI=1S/C16H14F3N5O3S2/c1-16(3-4-16)23-29(26,27)7-5-8-10(9(17)6-7)15(25)24(2)22-11(8)13-20-21-14(28-13)12(18)19/h5-6,12,23H,3-4H2,1-2H3. The Morgan fingerprint density at radius 2 is 1.97 bits per heavy atom. The first-order chi connectivity index (χ1) is 13.5. The topological polar surface area (TPSA) is 107 Å². The van der Waals surface area contributed by atoms with Crippen molar-refractivity contribution in [3.05, 3.63) is 33.3 Å². The van der Waals surface area contributed by atoms with E-state index in [2.05, 4.69) is 20.0 Å². The highest BCUT2D eigenvalue weighted by Gasteiger charge is 2.41. The Bertz CT molecular complexity index is 1300. The van der Waals surface area contributed by atoms with Crippen molar-refractivity contribution in [2.24, 2.45) is 7.05 Å². The lowest BCUT2D eigenvalue weighted by Crippen LogP contribution is -2.34. The van der Waals surface area contributed by atoms with Crippen LogP contribution in [0.25, 0.3) is 21.5 Å². The van der Waals surface area contributed by atoms with Gasteiger partial charge in [0.1, 0.15) is 11.5 Å². The molecule has 3 aromatic rings. The number of aryl methyl sites for hydroxylation is 1. The quantitative estimate of drug-likeness (QED) is 0.646. The summed E-state index contributed by atoms with van der Waals surface area (Å²) in [6, 6.07) is 1.85. The first-order valence-electron chi connectivity index (χ1n) is 8.37. The van der Waals surface area contributed by atoms with Crippen LogP contribution in [0.5, 0.6) is 0 Å². The van der Waals surface area contributed by atoms with Gasteiger partial charge in [-0.15, -0.1) is 10.2 Å². The number of hydrogen-bond acceptors (Lipinski definition) is 7. The van der Waals surface area contributed by atoms with Crippen molar-refractivity contribution < 1.29 is 21.6 Å². The molecule has 0 unspecified atom stereocenters. The van der Waals surface area contributed by atoms with Crippen molar-refractivity contribution >= 4 is 32.1 Å². The lowest BCUT2D eigenvalue weighted by molar-refractivity contribution is 0.150. The van der Waals surface area contributed by atoms with E-state index in [1.165, 1.54) is 7.05 Å². The van der Waals surface area contributed by atoms with Crippen LogP contribution in [0.3, 0.4) is 0 Å². The average Bonchev–Trinajstić information content (AvgIpc) is 3.15. The van der Waals surface area contributed by atoms with Gasteiger partial charge in [0.2, 0.25) is 10.0 Å². The molecular weight excluding hydrogens is 431 g/mol. The zero-order valence-electron chi connectivity index (χ0n) is 15.1. The van der Waals surface area contributed by atoms with E-state index >= 15 is 0 Å². The molecule has 1 aromatic carbocycles. The van der Waals surface area contributed by atoms with Gasteiger partial charge in [-0.25, -0.2) is 31.0 Å². The molecule has 2 heterocycles. The second-order valence-corrected chi connectivity index (χ2v) is 9.71. The van der Waals surface area contributed by atoms with Gasteiger partial charge in [-0.3, -0.25) is 4.79 Å². The number of fused-ring (bicyclic) bond motifs is 1. The number of aromatic nitrogens is 4. The largest absolute Gasteiger partial charge is 0.291 e. The van der Waals surface area contributed by atoms with Crippen molar-refractivity contribution in [2.75, 3.05) is 0 Å². The number of rotatable bonds is 5. The summed E-state index contributed by atoms with van der Waals surface area (Å²) in [7, 11) is -2.82. The fourth-order valence-electron chi connectivity index (χ4n) is 2.80. The smallest absolute Gasteiger partial charge is 0.267 e. The van der Waals surface area contributed by atoms with E-state index < -0.39 is 48.7 Å². The Morgan fingerprint density at radius 3 is 2.55 bits per heavy atom. The van der Waals surface area contributed by atoms with Gasteiger partial charge >= 0.3 is 0 Å². The maximum absolute atomic E-state index is 14.8. The number of nitrogens with one attached hydrogen (secondary N) is 1. The molecule has 8 nitrogen and oxygen atoms in total. The minimum Gasteiger partial charge on any atom is -0.267 e. The minimum atomic E-state index is -4.08. The van der Waals surface area contributed by atoms with E-state index in [0.29, 0.717) is 24.2 Å². The second kappa shape index (κ2) is 6.57. The van der Waals surface area contributed by atoms with Crippen LogP contribution in [0.1, 0.15) is 31.2 Å². The molecule has 0 bridgehead atoms. The molecule has 0 amide bonds. The Morgan fingerprint density at radius 1 is 1.28 bits per heavy atom. The van der Waals surface area contributed by atoms with Gasteiger partial charge in [0.25, 0.3) is 12.0 Å². The third-order valence-electron chi connectivity index (χ3n) is 4.60. The maximum atomic E-state index is 14.8. The van der Waals surface area contributed by atoms with Crippen LogP contribution < -0.4 is 10.3 Å². The second-order valence-electron chi connectivity index (χ2n) is 7.02. The van der Waals surface area contributed by atoms with Gasteiger partial charge in [-0.05, 0) is 31.9 Å². The number of benzene rings is 1. The van der Waals surface area contributed by atoms with Gasteiger partial charge < -0.3 is 0 Å². The van der Waals surface area contributed by atoms with Gasteiger partial charge in [0, 0.05) is 18.0 Å². The molecule has 1 saturated carbocycles. The average molecular weight is 445 g/mol.